The molecule has 1 aliphatic heterocycles. The highest BCUT2D eigenvalue weighted by Gasteiger charge is 2.30. The van der Waals surface area contributed by atoms with Crippen LogP contribution in [0.4, 0.5) is 5.69 Å². The zero-order valence-corrected chi connectivity index (χ0v) is 16.3. The Morgan fingerprint density at radius 3 is 2.25 bits per heavy atom. The molecule has 0 amide bonds. The van der Waals surface area contributed by atoms with Crippen LogP contribution in [0.2, 0.25) is 0 Å². The quantitative estimate of drug-likeness (QED) is 0.778. The lowest BCUT2D eigenvalue weighted by atomic mass is 10.1. The highest BCUT2D eigenvalue weighted by molar-refractivity contribution is 9.10. The summed E-state index contributed by atoms with van der Waals surface area (Å²) in [5, 5.41) is 0. The van der Waals surface area contributed by atoms with Crippen LogP contribution in [0, 0.1) is 13.8 Å². The van der Waals surface area contributed by atoms with Crippen molar-refractivity contribution in [1.82, 2.24) is 4.31 Å². The second-order valence-corrected chi connectivity index (χ2v) is 8.91. The Kier molecular flexibility index (Phi) is 4.99. The summed E-state index contributed by atoms with van der Waals surface area (Å²) in [6.07, 6.45) is 0. The van der Waals surface area contributed by atoms with Crippen LogP contribution >= 0.6 is 15.9 Å². The van der Waals surface area contributed by atoms with Gasteiger partial charge in [0.1, 0.15) is 0 Å². The van der Waals surface area contributed by atoms with Gasteiger partial charge >= 0.3 is 0 Å². The van der Waals surface area contributed by atoms with Crippen molar-refractivity contribution in [2.45, 2.75) is 18.7 Å². The summed E-state index contributed by atoms with van der Waals surface area (Å²) in [6.45, 7) is 6.34. The molecule has 6 heteroatoms. The molecule has 1 heterocycles. The first-order chi connectivity index (χ1) is 11.4. The fraction of sp³-hybridized carbons (Fsp3) is 0.333. The minimum Gasteiger partial charge on any atom is -0.369 e. The van der Waals surface area contributed by atoms with Gasteiger partial charge in [0.2, 0.25) is 10.0 Å². The molecule has 0 spiro atoms. The Hall–Kier alpha value is -1.37. The Bertz CT molecular complexity index is 844. The van der Waals surface area contributed by atoms with Crippen LogP contribution in [0.5, 0.6) is 0 Å². The van der Waals surface area contributed by atoms with Gasteiger partial charge in [-0.2, -0.15) is 4.31 Å². The molecule has 2 aromatic carbocycles. The average Bonchev–Trinajstić information content (AvgIpc) is 2.57. The lowest BCUT2D eigenvalue weighted by Gasteiger charge is -2.36. The van der Waals surface area contributed by atoms with Gasteiger partial charge in [-0.3, -0.25) is 0 Å². The topological polar surface area (TPSA) is 40.6 Å². The largest absolute Gasteiger partial charge is 0.369 e. The van der Waals surface area contributed by atoms with E-state index in [1.165, 1.54) is 11.3 Å². The number of hydrogen-bond acceptors (Lipinski definition) is 3. The lowest BCUT2D eigenvalue weighted by molar-refractivity contribution is 0.384. The van der Waals surface area contributed by atoms with E-state index in [1.807, 2.05) is 31.2 Å². The van der Waals surface area contributed by atoms with Gasteiger partial charge in [0.15, 0.2) is 0 Å². The monoisotopic (exact) mass is 408 g/mol. The van der Waals surface area contributed by atoms with Crippen LogP contribution in [-0.4, -0.2) is 38.9 Å². The van der Waals surface area contributed by atoms with E-state index in [0.29, 0.717) is 31.1 Å². The van der Waals surface area contributed by atoms with Crippen molar-refractivity contribution in [3.05, 3.63) is 58.1 Å². The summed E-state index contributed by atoms with van der Waals surface area (Å²) in [5.41, 5.74) is 3.18. The molecular formula is C18H21BrN2O2S. The van der Waals surface area contributed by atoms with E-state index >= 15 is 0 Å². The van der Waals surface area contributed by atoms with Crippen LogP contribution in [0.3, 0.4) is 0 Å². The van der Waals surface area contributed by atoms with Gasteiger partial charge in [0, 0.05) is 36.3 Å². The van der Waals surface area contributed by atoms with Crippen LogP contribution in [0.15, 0.2) is 51.8 Å². The van der Waals surface area contributed by atoms with Crippen LogP contribution < -0.4 is 4.90 Å². The first kappa shape index (κ1) is 17.5. The predicted octanol–water partition coefficient (Wildman–Crippen LogP) is 3.58. The Balaban J connectivity index is 1.79. The fourth-order valence-corrected chi connectivity index (χ4v) is 5.26. The van der Waals surface area contributed by atoms with Gasteiger partial charge in [-0.15, -0.1) is 0 Å². The summed E-state index contributed by atoms with van der Waals surface area (Å²) in [4.78, 5) is 2.65. The highest BCUT2D eigenvalue weighted by atomic mass is 79.9. The highest BCUT2D eigenvalue weighted by Crippen LogP contribution is 2.26. The van der Waals surface area contributed by atoms with E-state index < -0.39 is 10.0 Å². The maximum atomic E-state index is 13.0. The molecule has 0 saturated carbocycles. The molecule has 2 aromatic rings. The number of benzene rings is 2. The Morgan fingerprint density at radius 2 is 1.58 bits per heavy atom. The fourth-order valence-electron chi connectivity index (χ4n) is 3.08. The molecule has 0 unspecified atom stereocenters. The lowest BCUT2D eigenvalue weighted by Crippen LogP contribution is -2.49. The number of sulfonamides is 1. The number of halogens is 1. The Morgan fingerprint density at radius 1 is 0.917 bits per heavy atom. The standard InChI is InChI=1S/C18H21BrN2O2S/c1-14-5-3-4-6-17(14)20-9-11-21(12-10-20)24(22,23)18-13-16(19)8-7-15(18)2/h3-8,13H,9-12H2,1-2H3. The SMILES string of the molecule is Cc1ccccc1N1CCN(S(=O)(=O)c2cc(Br)ccc2C)CC1. The second-order valence-electron chi connectivity index (χ2n) is 6.09. The summed E-state index contributed by atoms with van der Waals surface area (Å²) in [6, 6.07) is 13.6. The van der Waals surface area contributed by atoms with E-state index in [4.69, 9.17) is 0 Å². The van der Waals surface area contributed by atoms with Crippen molar-refractivity contribution in [3.63, 3.8) is 0 Å². The molecule has 24 heavy (non-hydrogen) atoms. The van der Waals surface area contributed by atoms with Crippen molar-refractivity contribution < 1.29 is 8.42 Å². The third-order valence-electron chi connectivity index (χ3n) is 4.46. The zero-order chi connectivity index (χ0) is 17.3. The predicted molar refractivity (Wildman–Crippen MR) is 101 cm³/mol. The number of para-hydroxylation sites is 1. The van der Waals surface area contributed by atoms with Gasteiger partial charge < -0.3 is 4.90 Å². The van der Waals surface area contributed by atoms with Crippen molar-refractivity contribution in [1.29, 1.82) is 0 Å². The molecule has 0 radical (unpaired) electrons. The van der Waals surface area contributed by atoms with Crippen LogP contribution in [0.25, 0.3) is 0 Å². The van der Waals surface area contributed by atoms with Crippen LogP contribution in [0.1, 0.15) is 11.1 Å². The zero-order valence-electron chi connectivity index (χ0n) is 13.9. The van der Waals surface area contributed by atoms with E-state index in [2.05, 4.69) is 39.9 Å². The molecule has 0 aromatic heterocycles. The molecule has 1 fully saturated rings. The molecule has 0 N–H and O–H groups in total. The third kappa shape index (κ3) is 3.36. The number of rotatable bonds is 3. The number of aryl methyl sites for hydroxylation is 2. The van der Waals surface area contributed by atoms with E-state index in [1.54, 1.807) is 10.4 Å². The molecule has 1 saturated heterocycles. The Labute approximate surface area is 152 Å². The summed E-state index contributed by atoms with van der Waals surface area (Å²) >= 11 is 3.37. The molecule has 3 rings (SSSR count). The van der Waals surface area contributed by atoms with Crippen molar-refractivity contribution in [2.75, 3.05) is 31.1 Å². The summed E-state index contributed by atoms with van der Waals surface area (Å²) in [5.74, 6) is 0. The number of piperazine rings is 1. The first-order valence-corrected chi connectivity index (χ1v) is 10.2. The molecule has 128 valence electrons. The second kappa shape index (κ2) is 6.86. The van der Waals surface area contributed by atoms with Gasteiger partial charge in [0.25, 0.3) is 0 Å². The number of nitrogens with zero attached hydrogens (tertiary/aromatic N) is 2. The minimum atomic E-state index is -3.45. The summed E-state index contributed by atoms with van der Waals surface area (Å²) < 4.78 is 28.3. The van der Waals surface area contributed by atoms with Crippen molar-refractivity contribution in [2.24, 2.45) is 0 Å². The van der Waals surface area contributed by atoms with Gasteiger partial charge in [-0.05, 0) is 43.2 Å². The van der Waals surface area contributed by atoms with E-state index in [0.717, 1.165) is 10.0 Å². The molecule has 4 nitrogen and oxygen atoms in total. The first-order valence-electron chi connectivity index (χ1n) is 7.96. The summed E-state index contributed by atoms with van der Waals surface area (Å²) in [7, 11) is -3.45. The van der Waals surface area contributed by atoms with Crippen LogP contribution in [-0.2, 0) is 10.0 Å². The number of anilines is 1. The smallest absolute Gasteiger partial charge is 0.243 e. The minimum absolute atomic E-state index is 0.390. The van der Waals surface area contributed by atoms with Crippen molar-refractivity contribution >= 4 is 31.6 Å². The number of hydrogen-bond donors (Lipinski definition) is 0. The maximum Gasteiger partial charge on any atom is 0.243 e. The van der Waals surface area contributed by atoms with Gasteiger partial charge in [-0.25, -0.2) is 8.42 Å². The van der Waals surface area contributed by atoms with Gasteiger partial charge in [0.05, 0.1) is 4.90 Å². The van der Waals surface area contributed by atoms with E-state index in [-0.39, 0.29) is 0 Å². The molecule has 1 aliphatic rings. The maximum absolute atomic E-state index is 13.0. The van der Waals surface area contributed by atoms with Gasteiger partial charge in [-0.1, -0.05) is 40.2 Å². The molecular weight excluding hydrogens is 388 g/mol. The average molecular weight is 409 g/mol. The molecule has 0 aliphatic carbocycles. The van der Waals surface area contributed by atoms with Crippen molar-refractivity contribution in [3.8, 4) is 0 Å². The molecule has 0 bridgehead atoms. The van der Waals surface area contributed by atoms with E-state index in [9.17, 15) is 8.42 Å². The normalized spacial score (nSPS) is 16.4. The molecule has 0 atom stereocenters. The third-order valence-corrected chi connectivity index (χ3v) is 7.00.